The summed E-state index contributed by atoms with van der Waals surface area (Å²) in [4.78, 5) is 0.128. The van der Waals surface area contributed by atoms with Crippen LogP contribution in [0, 0.1) is 19.3 Å². The molecule has 0 spiro atoms. The number of hydrogen-bond donors (Lipinski definition) is 2. The van der Waals surface area contributed by atoms with E-state index in [1.807, 2.05) is 13.8 Å². The highest BCUT2D eigenvalue weighted by Gasteiger charge is 2.34. The van der Waals surface area contributed by atoms with Gasteiger partial charge in [0.1, 0.15) is 10.6 Å². The summed E-state index contributed by atoms with van der Waals surface area (Å²) < 4.78 is 38.5. The average molecular weight is 343 g/mol. The minimum Gasteiger partial charge on any atom is -0.495 e. The topological polar surface area (TPSA) is 84.9 Å². The SMILES string of the molecule is COc1cc(C)c(C)cc1S(=O)(=O)NCC1(CO)CCOCC1. The highest BCUT2D eigenvalue weighted by Crippen LogP contribution is 2.31. The molecule has 1 aliphatic heterocycles. The van der Waals surface area contributed by atoms with E-state index in [-0.39, 0.29) is 18.0 Å². The first kappa shape index (κ1) is 18.2. The second kappa shape index (κ2) is 7.17. The minimum absolute atomic E-state index is 0.0665. The summed E-state index contributed by atoms with van der Waals surface area (Å²) in [6.45, 7) is 4.96. The van der Waals surface area contributed by atoms with Gasteiger partial charge in [-0.25, -0.2) is 13.1 Å². The maximum Gasteiger partial charge on any atom is 0.244 e. The zero-order valence-electron chi connectivity index (χ0n) is 13.9. The van der Waals surface area contributed by atoms with Gasteiger partial charge in [-0.15, -0.1) is 0 Å². The van der Waals surface area contributed by atoms with Crippen molar-refractivity contribution in [2.45, 2.75) is 31.6 Å². The van der Waals surface area contributed by atoms with Crippen LogP contribution in [0.3, 0.4) is 0 Å². The van der Waals surface area contributed by atoms with Crippen molar-refractivity contribution in [3.05, 3.63) is 23.3 Å². The van der Waals surface area contributed by atoms with Crippen molar-refractivity contribution in [3.8, 4) is 5.75 Å². The third kappa shape index (κ3) is 4.03. The van der Waals surface area contributed by atoms with Crippen molar-refractivity contribution < 1.29 is 23.0 Å². The molecule has 0 bridgehead atoms. The van der Waals surface area contributed by atoms with Gasteiger partial charge in [0.15, 0.2) is 0 Å². The maximum absolute atomic E-state index is 12.7. The van der Waals surface area contributed by atoms with Gasteiger partial charge in [-0.2, -0.15) is 0 Å². The number of sulfonamides is 1. The molecule has 1 aromatic carbocycles. The fourth-order valence-electron chi connectivity index (χ4n) is 2.65. The third-order valence-corrected chi connectivity index (χ3v) is 6.02. The minimum atomic E-state index is -3.72. The molecule has 0 unspecified atom stereocenters. The average Bonchev–Trinajstić information content (AvgIpc) is 2.56. The molecule has 0 radical (unpaired) electrons. The van der Waals surface area contributed by atoms with Gasteiger partial charge in [0.05, 0.1) is 13.7 Å². The van der Waals surface area contributed by atoms with Crippen molar-refractivity contribution in [1.82, 2.24) is 4.72 Å². The summed E-state index contributed by atoms with van der Waals surface area (Å²) in [6, 6.07) is 3.34. The number of aliphatic hydroxyl groups excluding tert-OH is 1. The Kier molecular flexibility index (Phi) is 5.67. The van der Waals surface area contributed by atoms with Crippen LogP contribution in [0.25, 0.3) is 0 Å². The lowest BCUT2D eigenvalue weighted by Crippen LogP contribution is -2.43. The van der Waals surface area contributed by atoms with Crippen LogP contribution in [0.2, 0.25) is 0 Å². The lowest BCUT2D eigenvalue weighted by molar-refractivity contribution is -0.0126. The molecule has 1 aliphatic rings. The Bertz CT molecular complexity index is 651. The molecule has 0 saturated carbocycles. The van der Waals surface area contributed by atoms with E-state index in [2.05, 4.69) is 4.72 Å². The Hall–Kier alpha value is -1.15. The fourth-order valence-corrected chi connectivity index (χ4v) is 4.04. The summed E-state index contributed by atoms with van der Waals surface area (Å²) >= 11 is 0. The van der Waals surface area contributed by atoms with E-state index in [4.69, 9.17) is 9.47 Å². The van der Waals surface area contributed by atoms with E-state index < -0.39 is 15.4 Å². The van der Waals surface area contributed by atoms with Crippen LogP contribution in [0.4, 0.5) is 0 Å². The number of nitrogens with one attached hydrogen (secondary N) is 1. The molecule has 0 aromatic heterocycles. The number of benzene rings is 1. The number of aliphatic hydroxyl groups is 1. The summed E-state index contributed by atoms with van der Waals surface area (Å²) in [5.41, 5.74) is 1.39. The Morgan fingerprint density at radius 1 is 1.26 bits per heavy atom. The molecule has 1 saturated heterocycles. The first-order valence-corrected chi connectivity index (χ1v) is 9.15. The number of methoxy groups -OCH3 is 1. The van der Waals surface area contributed by atoms with Crippen molar-refractivity contribution in [2.24, 2.45) is 5.41 Å². The van der Waals surface area contributed by atoms with Gasteiger partial charge in [-0.1, -0.05) is 0 Å². The predicted octanol–water partition coefficient (Wildman–Crippen LogP) is 1.38. The first-order valence-electron chi connectivity index (χ1n) is 7.67. The molecule has 23 heavy (non-hydrogen) atoms. The monoisotopic (exact) mass is 343 g/mol. The van der Waals surface area contributed by atoms with E-state index in [0.29, 0.717) is 31.8 Å². The van der Waals surface area contributed by atoms with Crippen LogP contribution in [0.15, 0.2) is 17.0 Å². The van der Waals surface area contributed by atoms with Gasteiger partial charge < -0.3 is 14.6 Å². The highest BCUT2D eigenvalue weighted by atomic mass is 32.2. The van der Waals surface area contributed by atoms with E-state index in [1.165, 1.54) is 7.11 Å². The maximum atomic E-state index is 12.7. The van der Waals surface area contributed by atoms with Crippen molar-refractivity contribution in [3.63, 3.8) is 0 Å². The largest absolute Gasteiger partial charge is 0.495 e. The Labute approximate surface area is 137 Å². The number of hydrogen-bond acceptors (Lipinski definition) is 5. The molecule has 2 rings (SSSR count). The normalized spacial score (nSPS) is 17.9. The van der Waals surface area contributed by atoms with Crippen molar-refractivity contribution >= 4 is 10.0 Å². The Morgan fingerprint density at radius 3 is 2.43 bits per heavy atom. The second-order valence-electron chi connectivity index (χ2n) is 6.18. The van der Waals surface area contributed by atoms with Gasteiger partial charge in [-0.3, -0.25) is 0 Å². The van der Waals surface area contributed by atoms with Crippen molar-refractivity contribution in [1.29, 1.82) is 0 Å². The van der Waals surface area contributed by atoms with Crippen LogP contribution in [-0.2, 0) is 14.8 Å². The Balaban J connectivity index is 2.23. The second-order valence-corrected chi connectivity index (χ2v) is 7.92. The summed E-state index contributed by atoms with van der Waals surface area (Å²) in [7, 11) is -2.26. The van der Waals surface area contributed by atoms with Crippen LogP contribution in [0.1, 0.15) is 24.0 Å². The van der Waals surface area contributed by atoms with E-state index in [0.717, 1.165) is 11.1 Å². The molecule has 6 nitrogen and oxygen atoms in total. The molecule has 1 heterocycles. The zero-order chi connectivity index (χ0) is 17.1. The quantitative estimate of drug-likeness (QED) is 0.815. The molecule has 0 atom stereocenters. The molecule has 7 heteroatoms. The van der Waals surface area contributed by atoms with Gasteiger partial charge >= 0.3 is 0 Å². The number of ether oxygens (including phenoxy) is 2. The molecular formula is C16H25NO5S. The summed E-state index contributed by atoms with van der Waals surface area (Å²) in [5, 5.41) is 9.68. The van der Waals surface area contributed by atoms with Gasteiger partial charge in [-0.05, 0) is 49.9 Å². The third-order valence-electron chi connectivity index (χ3n) is 4.60. The fraction of sp³-hybridized carbons (Fsp3) is 0.625. The van der Waals surface area contributed by atoms with Crippen LogP contribution in [0.5, 0.6) is 5.75 Å². The first-order chi connectivity index (χ1) is 10.8. The van der Waals surface area contributed by atoms with Crippen LogP contribution >= 0.6 is 0 Å². The van der Waals surface area contributed by atoms with Gasteiger partial charge in [0.25, 0.3) is 0 Å². The van der Waals surface area contributed by atoms with E-state index in [1.54, 1.807) is 12.1 Å². The predicted molar refractivity (Wildman–Crippen MR) is 87.2 cm³/mol. The molecule has 1 aromatic rings. The van der Waals surface area contributed by atoms with E-state index >= 15 is 0 Å². The van der Waals surface area contributed by atoms with E-state index in [9.17, 15) is 13.5 Å². The molecular weight excluding hydrogens is 318 g/mol. The van der Waals surface area contributed by atoms with Gasteiger partial charge in [0.2, 0.25) is 10.0 Å². The van der Waals surface area contributed by atoms with Crippen LogP contribution in [-0.4, -0.2) is 47.0 Å². The Morgan fingerprint density at radius 2 is 1.87 bits per heavy atom. The standard InChI is InChI=1S/C16H25NO5S/c1-12-8-14(21-3)15(9-13(12)2)23(19,20)17-10-16(11-18)4-6-22-7-5-16/h8-9,17-18H,4-7,10-11H2,1-3H3. The molecule has 2 N–H and O–H groups in total. The lowest BCUT2D eigenvalue weighted by atomic mass is 9.81. The summed E-state index contributed by atoms with van der Waals surface area (Å²) in [6.07, 6.45) is 1.27. The molecule has 0 aliphatic carbocycles. The molecule has 0 amide bonds. The lowest BCUT2D eigenvalue weighted by Gasteiger charge is -2.35. The van der Waals surface area contributed by atoms with Crippen molar-refractivity contribution in [2.75, 3.05) is 33.5 Å². The number of rotatable bonds is 6. The zero-order valence-corrected chi connectivity index (χ0v) is 14.7. The summed E-state index contributed by atoms with van der Waals surface area (Å²) in [5.74, 6) is 0.325. The smallest absolute Gasteiger partial charge is 0.244 e. The van der Waals surface area contributed by atoms with Gasteiger partial charge in [0, 0.05) is 25.2 Å². The highest BCUT2D eigenvalue weighted by molar-refractivity contribution is 7.89. The van der Waals surface area contributed by atoms with Crippen LogP contribution < -0.4 is 9.46 Å². The molecule has 1 fully saturated rings. The number of aryl methyl sites for hydroxylation is 2. The molecule has 130 valence electrons.